The maximum absolute atomic E-state index is 12.3. The van der Waals surface area contributed by atoms with Crippen molar-refractivity contribution in [1.29, 1.82) is 0 Å². The van der Waals surface area contributed by atoms with E-state index in [-0.39, 0.29) is 17.9 Å². The minimum Gasteiger partial charge on any atom is -0.353 e. The van der Waals surface area contributed by atoms with Gasteiger partial charge in [-0.3, -0.25) is 4.79 Å². The van der Waals surface area contributed by atoms with Crippen LogP contribution in [0.2, 0.25) is 0 Å². The lowest BCUT2D eigenvalue weighted by Gasteiger charge is -2.37. The number of amides is 1. The second-order valence-electron chi connectivity index (χ2n) is 7.02. The molecule has 0 spiro atoms. The highest BCUT2D eigenvalue weighted by molar-refractivity contribution is 5.79. The van der Waals surface area contributed by atoms with Gasteiger partial charge < -0.3 is 11.1 Å². The van der Waals surface area contributed by atoms with Crippen LogP contribution >= 0.6 is 0 Å². The lowest BCUT2D eigenvalue weighted by molar-refractivity contribution is -0.127. The van der Waals surface area contributed by atoms with E-state index in [0.29, 0.717) is 11.5 Å². The lowest BCUT2D eigenvalue weighted by Crippen LogP contribution is -2.48. The minimum atomic E-state index is 0.0591. The molecule has 3 nitrogen and oxygen atoms in total. The molecule has 0 bridgehead atoms. The predicted molar refractivity (Wildman–Crippen MR) is 74.1 cm³/mol. The van der Waals surface area contributed by atoms with Crippen LogP contribution in [-0.4, -0.2) is 18.0 Å². The van der Waals surface area contributed by atoms with Crippen LogP contribution in [0.15, 0.2) is 0 Å². The van der Waals surface area contributed by atoms with E-state index in [9.17, 15) is 4.79 Å². The van der Waals surface area contributed by atoms with E-state index >= 15 is 0 Å². The van der Waals surface area contributed by atoms with E-state index < -0.39 is 0 Å². The molecule has 0 aliphatic heterocycles. The molecule has 1 amide bonds. The number of rotatable bonds is 2. The third kappa shape index (κ3) is 3.47. The smallest absolute Gasteiger partial charge is 0.224 e. The fourth-order valence-electron chi connectivity index (χ4n) is 3.61. The van der Waals surface area contributed by atoms with Crippen LogP contribution in [0.1, 0.15) is 65.2 Å². The summed E-state index contributed by atoms with van der Waals surface area (Å²) < 4.78 is 0. The molecule has 0 aromatic carbocycles. The predicted octanol–water partition coefficient (Wildman–Crippen LogP) is 2.59. The number of nitrogens with one attached hydrogen (secondary N) is 1. The Kier molecular flexibility index (Phi) is 4.31. The summed E-state index contributed by atoms with van der Waals surface area (Å²) in [4.78, 5) is 12.3. The van der Waals surface area contributed by atoms with Crippen LogP contribution in [0, 0.1) is 11.3 Å². The summed E-state index contributed by atoms with van der Waals surface area (Å²) in [6, 6.07) is 0.450. The van der Waals surface area contributed by atoms with Crippen molar-refractivity contribution in [2.45, 2.75) is 77.3 Å². The highest BCUT2D eigenvalue weighted by Gasteiger charge is 2.32. The molecule has 3 heteroatoms. The molecule has 2 aliphatic rings. The Bertz CT molecular complexity index is 301. The molecule has 3 N–H and O–H groups in total. The van der Waals surface area contributed by atoms with Crippen molar-refractivity contribution in [2.24, 2.45) is 17.1 Å². The van der Waals surface area contributed by atoms with Gasteiger partial charge in [-0.1, -0.05) is 33.1 Å². The summed E-state index contributed by atoms with van der Waals surface area (Å²) in [6.45, 7) is 4.61. The average Bonchev–Trinajstić information content (AvgIpc) is 2.28. The lowest BCUT2D eigenvalue weighted by atomic mass is 9.75. The van der Waals surface area contributed by atoms with Gasteiger partial charge in [0, 0.05) is 12.1 Å². The Labute approximate surface area is 111 Å². The van der Waals surface area contributed by atoms with Crippen molar-refractivity contribution in [1.82, 2.24) is 5.32 Å². The first-order valence-electron chi connectivity index (χ1n) is 7.54. The Morgan fingerprint density at radius 1 is 1.17 bits per heavy atom. The highest BCUT2D eigenvalue weighted by atomic mass is 16.2. The maximum Gasteiger partial charge on any atom is 0.224 e. The summed E-state index contributed by atoms with van der Waals surface area (Å²) in [7, 11) is 0. The summed E-state index contributed by atoms with van der Waals surface area (Å²) in [5.41, 5.74) is 6.46. The number of nitrogens with two attached hydrogens (primary N) is 1. The van der Waals surface area contributed by atoms with Gasteiger partial charge in [0.05, 0.1) is 5.92 Å². The third-order valence-corrected chi connectivity index (χ3v) is 4.71. The van der Waals surface area contributed by atoms with Gasteiger partial charge >= 0.3 is 0 Å². The van der Waals surface area contributed by atoms with Crippen LogP contribution in [0.25, 0.3) is 0 Å². The fraction of sp³-hybridized carbons (Fsp3) is 0.933. The first-order chi connectivity index (χ1) is 8.48. The Morgan fingerprint density at radius 3 is 2.56 bits per heavy atom. The molecule has 3 unspecified atom stereocenters. The van der Waals surface area contributed by atoms with Gasteiger partial charge in [0.25, 0.3) is 0 Å². The molecule has 0 radical (unpaired) electrons. The van der Waals surface area contributed by atoms with Gasteiger partial charge in [-0.2, -0.15) is 0 Å². The van der Waals surface area contributed by atoms with Gasteiger partial charge in [-0.15, -0.1) is 0 Å². The van der Waals surface area contributed by atoms with Crippen LogP contribution in [0.3, 0.4) is 0 Å². The van der Waals surface area contributed by atoms with Crippen molar-refractivity contribution >= 4 is 5.91 Å². The quantitative estimate of drug-likeness (QED) is 0.793. The largest absolute Gasteiger partial charge is 0.353 e. The second kappa shape index (κ2) is 5.60. The summed E-state index contributed by atoms with van der Waals surface area (Å²) in [6.07, 6.45) is 9.08. The monoisotopic (exact) mass is 252 g/mol. The van der Waals surface area contributed by atoms with E-state index in [1.807, 2.05) is 0 Å². The first-order valence-corrected chi connectivity index (χ1v) is 7.54. The molecule has 2 aliphatic carbocycles. The van der Waals surface area contributed by atoms with Crippen molar-refractivity contribution < 1.29 is 4.79 Å². The van der Waals surface area contributed by atoms with E-state index in [4.69, 9.17) is 5.73 Å². The Morgan fingerprint density at radius 2 is 1.89 bits per heavy atom. The van der Waals surface area contributed by atoms with Gasteiger partial charge in [0.2, 0.25) is 5.91 Å². The molecule has 2 fully saturated rings. The number of carbonyl (C=O) groups excluding carboxylic acids is 1. The summed E-state index contributed by atoms with van der Waals surface area (Å²) in [5.74, 6) is 0.272. The minimum absolute atomic E-state index is 0.0591. The van der Waals surface area contributed by atoms with Crippen LogP contribution in [-0.2, 0) is 4.79 Å². The van der Waals surface area contributed by atoms with Crippen LogP contribution in [0.4, 0.5) is 0 Å². The average molecular weight is 252 g/mol. The Hall–Kier alpha value is -0.570. The van der Waals surface area contributed by atoms with E-state index in [2.05, 4.69) is 19.2 Å². The zero-order valence-corrected chi connectivity index (χ0v) is 11.9. The molecule has 0 aromatic rings. The van der Waals surface area contributed by atoms with Crippen LogP contribution < -0.4 is 11.1 Å². The van der Waals surface area contributed by atoms with Crippen molar-refractivity contribution in [3.8, 4) is 0 Å². The highest BCUT2D eigenvalue weighted by Crippen LogP contribution is 2.35. The zero-order chi connectivity index (χ0) is 13.2. The molecule has 2 saturated carbocycles. The molecular weight excluding hydrogens is 224 g/mol. The van der Waals surface area contributed by atoms with E-state index in [1.165, 1.54) is 19.3 Å². The van der Waals surface area contributed by atoms with Gasteiger partial charge in [-0.05, 0) is 37.5 Å². The van der Waals surface area contributed by atoms with Crippen molar-refractivity contribution in [3.63, 3.8) is 0 Å². The molecule has 3 atom stereocenters. The van der Waals surface area contributed by atoms with Gasteiger partial charge in [0.15, 0.2) is 0 Å². The van der Waals surface area contributed by atoms with E-state index in [1.54, 1.807) is 0 Å². The third-order valence-electron chi connectivity index (χ3n) is 4.71. The maximum atomic E-state index is 12.3. The summed E-state index contributed by atoms with van der Waals surface area (Å²) in [5, 5.41) is 3.26. The van der Waals surface area contributed by atoms with Gasteiger partial charge in [0.1, 0.15) is 0 Å². The molecule has 2 rings (SSSR count). The Balaban J connectivity index is 1.86. The SMILES string of the molecule is CC1(C)CCCC(NC(=O)C2CCCCC2N)C1. The number of carbonyl (C=O) groups is 1. The molecule has 104 valence electrons. The molecule has 0 heterocycles. The van der Waals surface area contributed by atoms with Crippen molar-refractivity contribution in [3.05, 3.63) is 0 Å². The fourth-order valence-corrected chi connectivity index (χ4v) is 3.61. The first kappa shape index (κ1) is 13.9. The van der Waals surface area contributed by atoms with Gasteiger partial charge in [-0.25, -0.2) is 0 Å². The molecule has 18 heavy (non-hydrogen) atoms. The second-order valence-corrected chi connectivity index (χ2v) is 7.02. The van der Waals surface area contributed by atoms with E-state index in [0.717, 1.165) is 32.1 Å². The molecule has 0 saturated heterocycles. The summed E-state index contributed by atoms with van der Waals surface area (Å²) >= 11 is 0. The zero-order valence-electron chi connectivity index (χ0n) is 11.9. The number of hydrogen-bond acceptors (Lipinski definition) is 2. The molecular formula is C15H28N2O. The topological polar surface area (TPSA) is 55.1 Å². The standard InChI is InChI=1S/C15H28N2O/c1-15(2)9-5-6-11(10-15)17-14(18)12-7-3-4-8-13(12)16/h11-13H,3-10,16H2,1-2H3,(H,17,18). The molecule has 0 aromatic heterocycles. The van der Waals surface area contributed by atoms with Crippen LogP contribution in [0.5, 0.6) is 0 Å². The normalized spacial score (nSPS) is 36.1. The number of hydrogen-bond donors (Lipinski definition) is 2. The van der Waals surface area contributed by atoms with Crippen molar-refractivity contribution in [2.75, 3.05) is 0 Å².